The summed E-state index contributed by atoms with van der Waals surface area (Å²) in [5, 5.41) is 0. The van der Waals surface area contributed by atoms with E-state index in [2.05, 4.69) is 36.1 Å². The Morgan fingerprint density at radius 2 is 1.38 bits per heavy atom. The molecule has 8 heteroatoms. The molecular formula is C31H37N3O4S. The van der Waals surface area contributed by atoms with Gasteiger partial charge < -0.3 is 9.64 Å². The number of piperidine rings is 1. The first-order chi connectivity index (χ1) is 18.9. The molecule has 0 N–H and O–H groups in total. The molecule has 0 spiro atoms. The van der Waals surface area contributed by atoms with Crippen molar-refractivity contribution in [1.29, 1.82) is 0 Å². The van der Waals surface area contributed by atoms with Gasteiger partial charge in [0, 0.05) is 39.3 Å². The lowest BCUT2D eigenvalue weighted by Gasteiger charge is -2.39. The van der Waals surface area contributed by atoms with Crippen molar-refractivity contribution in [1.82, 2.24) is 14.1 Å². The Hall–Kier alpha value is -3.20. The highest BCUT2D eigenvalue weighted by molar-refractivity contribution is 7.89. The smallest absolute Gasteiger partial charge is 0.257 e. The molecule has 2 fully saturated rings. The number of ether oxygens (including phenoxy) is 1. The van der Waals surface area contributed by atoms with Gasteiger partial charge in [-0.2, -0.15) is 4.31 Å². The van der Waals surface area contributed by atoms with Crippen molar-refractivity contribution in [2.24, 2.45) is 5.92 Å². The van der Waals surface area contributed by atoms with Gasteiger partial charge >= 0.3 is 0 Å². The van der Waals surface area contributed by atoms with Crippen LogP contribution in [0.15, 0.2) is 83.8 Å². The molecule has 0 aromatic heterocycles. The number of methoxy groups -OCH3 is 1. The largest absolute Gasteiger partial charge is 0.496 e. The number of carbonyl (C=O) groups is 1. The fourth-order valence-corrected chi connectivity index (χ4v) is 7.08. The Labute approximate surface area is 232 Å². The molecule has 0 radical (unpaired) electrons. The van der Waals surface area contributed by atoms with Gasteiger partial charge in [0.2, 0.25) is 10.0 Å². The molecule has 2 aliphatic heterocycles. The van der Waals surface area contributed by atoms with Crippen LogP contribution in [0.4, 0.5) is 0 Å². The lowest BCUT2D eigenvalue weighted by molar-refractivity contribution is 0.0693. The van der Waals surface area contributed by atoms with E-state index in [-0.39, 0.29) is 16.8 Å². The van der Waals surface area contributed by atoms with Gasteiger partial charge in [-0.15, -0.1) is 0 Å². The van der Waals surface area contributed by atoms with Crippen LogP contribution < -0.4 is 4.74 Å². The molecule has 0 bridgehead atoms. The van der Waals surface area contributed by atoms with Crippen LogP contribution in [0.25, 0.3) is 0 Å². The van der Waals surface area contributed by atoms with Gasteiger partial charge in [0.05, 0.1) is 23.6 Å². The minimum absolute atomic E-state index is 0.0507. The second-order valence-corrected chi connectivity index (χ2v) is 12.4. The van der Waals surface area contributed by atoms with Crippen molar-refractivity contribution in [3.8, 4) is 5.75 Å². The predicted octanol–water partition coefficient (Wildman–Crippen LogP) is 4.66. The maximum Gasteiger partial charge on any atom is 0.257 e. The third-order valence-corrected chi connectivity index (χ3v) is 9.87. The van der Waals surface area contributed by atoms with E-state index in [9.17, 15) is 13.2 Å². The molecule has 0 unspecified atom stereocenters. The number of rotatable bonds is 7. The van der Waals surface area contributed by atoms with Crippen LogP contribution in [0.5, 0.6) is 5.75 Å². The first-order valence-corrected chi connectivity index (χ1v) is 15.1. The van der Waals surface area contributed by atoms with Crippen molar-refractivity contribution >= 4 is 15.9 Å². The fourth-order valence-electron chi connectivity index (χ4n) is 5.63. The maximum absolute atomic E-state index is 13.7. The summed E-state index contributed by atoms with van der Waals surface area (Å²) in [5.74, 6) is 0.815. The number of nitrogens with zero attached hydrogens (tertiary/aromatic N) is 3. The fraction of sp³-hybridized carbons (Fsp3) is 0.387. The summed E-state index contributed by atoms with van der Waals surface area (Å²) in [4.78, 5) is 17.6. The zero-order chi connectivity index (χ0) is 27.4. The van der Waals surface area contributed by atoms with Crippen LogP contribution in [0.3, 0.4) is 0 Å². The number of amides is 1. The molecule has 0 atom stereocenters. The number of sulfonamides is 1. The van der Waals surface area contributed by atoms with Crippen molar-refractivity contribution in [2.75, 3.05) is 46.4 Å². The topological polar surface area (TPSA) is 70.2 Å². The van der Waals surface area contributed by atoms with E-state index >= 15 is 0 Å². The van der Waals surface area contributed by atoms with E-state index in [1.165, 1.54) is 28.6 Å². The summed E-state index contributed by atoms with van der Waals surface area (Å²) in [6.45, 7) is 5.48. The van der Waals surface area contributed by atoms with E-state index in [1.807, 2.05) is 36.4 Å². The summed E-state index contributed by atoms with van der Waals surface area (Å²) in [6, 6.07) is 25.4. The van der Waals surface area contributed by atoms with E-state index < -0.39 is 10.0 Å². The summed E-state index contributed by atoms with van der Waals surface area (Å²) >= 11 is 0. The molecule has 5 rings (SSSR count). The molecule has 3 aromatic rings. The van der Waals surface area contributed by atoms with Crippen LogP contribution in [0.2, 0.25) is 0 Å². The lowest BCUT2D eigenvalue weighted by Crippen LogP contribution is -2.49. The number of hydrogen-bond donors (Lipinski definition) is 0. The number of benzene rings is 3. The predicted molar refractivity (Wildman–Crippen MR) is 152 cm³/mol. The van der Waals surface area contributed by atoms with Gasteiger partial charge in [-0.05, 0) is 48.1 Å². The monoisotopic (exact) mass is 547 g/mol. The minimum Gasteiger partial charge on any atom is -0.496 e. The van der Waals surface area contributed by atoms with Crippen LogP contribution >= 0.6 is 0 Å². The molecule has 3 aromatic carbocycles. The minimum atomic E-state index is -3.78. The van der Waals surface area contributed by atoms with Crippen LogP contribution in [-0.4, -0.2) is 74.8 Å². The Morgan fingerprint density at radius 1 is 0.821 bits per heavy atom. The molecule has 1 amide bonds. The van der Waals surface area contributed by atoms with E-state index in [0.717, 1.165) is 12.8 Å². The Morgan fingerprint density at radius 3 is 1.92 bits per heavy atom. The maximum atomic E-state index is 13.7. The summed E-state index contributed by atoms with van der Waals surface area (Å²) in [7, 11) is -2.27. The number of likely N-dealkylation sites (tertiary alicyclic amines) is 1. The van der Waals surface area contributed by atoms with E-state index in [0.29, 0.717) is 56.5 Å². The first kappa shape index (κ1) is 27.4. The molecule has 2 saturated heterocycles. The Balaban J connectivity index is 1.35. The SMILES string of the molecule is COc1ccc(S(=O)(=O)N2CCN(C(c3ccccc3)c3ccccc3)CC2)cc1C(=O)N1CCC(C)CC1. The van der Waals surface area contributed by atoms with Gasteiger partial charge in [-0.1, -0.05) is 67.6 Å². The molecule has 0 aliphatic carbocycles. The van der Waals surface area contributed by atoms with Crippen molar-refractivity contribution in [3.05, 3.63) is 95.6 Å². The van der Waals surface area contributed by atoms with Crippen LogP contribution in [0, 0.1) is 5.92 Å². The van der Waals surface area contributed by atoms with Gasteiger partial charge in [0.15, 0.2) is 0 Å². The van der Waals surface area contributed by atoms with Crippen molar-refractivity contribution in [3.63, 3.8) is 0 Å². The zero-order valence-corrected chi connectivity index (χ0v) is 23.5. The lowest BCUT2D eigenvalue weighted by atomic mass is 9.96. The Kier molecular flexibility index (Phi) is 8.35. The molecular weight excluding hydrogens is 510 g/mol. The highest BCUT2D eigenvalue weighted by Gasteiger charge is 2.33. The van der Waals surface area contributed by atoms with E-state index in [1.54, 1.807) is 17.0 Å². The highest BCUT2D eigenvalue weighted by atomic mass is 32.2. The Bertz CT molecular complexity index is 1330. The number of carbonyl (C=O) groups excluding carboxylic acids is 1. The quantitative estimate of drug-likeness (QED) is 0.430. The summed E-state index contributed by atoms with van der Waals surface area (Å²) in [5.41, 5.74) is 2.68. The normalized spacial score (nSPS) is 17.9. The van der Waals surface area contributed by atoms with Crippen LogP contribution in [0.1, 0.15) is 47.3 Å². The highest BCUT2D eigenvalue weighted by Crippen LogP contribution is 2.32. The molecule has 39 heavy (non-hydrogen) atoms. The second kappa shape index (κ2) is 11.9. The molecule has 2 heterocycles. The molecule has 206 valence electrons. The second-order valence-electron chi connectivity index (χ2n) is 10.5. The average molecular weight is 548 g/mol. The number of hydrogen-bond acceptors (Lipinski definition) is 5. The molecule has 7 nitrogen and oxygen atoms in total. The third kappa shape index (κ3) is 5.88. The molecule has 2 aliphatic rings. The third-order valence-electron chi connectivity index (χ3n) is 7.98. The van der Waals surface area contributed by atoms with Gasteiger partial charge in [0.25, 0.3) is 5.91 Å². The zero-order valence-electron chi connectivity index (χ0n) is 22.7. The average Bonchev–Trinajstić information content (AvgIpc) is 2.98. The summed E-state index contributed by atoms with van der Waals surface area (Å²) < 4.78 is 34.5. The van der Waals surface area contributed by atoms with Crippen LogP contribution in [-0.2, 0) is 10.0 Å². The standard InChI is InChI=1S/C31H37N3O4S/c1-24-15-17-33(18-16-24)31(35)28-23-27(13-14-29(28)38-2)39(36,37)34-21-19-32(20-22-34)30(25-9-5-3-6-10-25)26-11-7-4-8-12-26/h3-14,23-24,30H,15-22H2,1-2H3. The van der Waals surface area contributed by atoms with Gasteiger partial charge in [-0.25, -0.2) is 8.42 Å². The summed E-state index contributed by atoms with van der Waals surface area (Å²) in [6.07, 6.45) is 1.90. The van der Waals surface area contributed by atoms with Gasteiger partial charge in [0.1, 0.15) is 5.75 Å². The first-order valence-electron chi connectivity index (χ1n) is 13.7. The van der Waals surface area contributed by atoms with Gasteiger partial charge in [-0.3, -0.25) is 9.69 Å². The van der Waals surface area contributed by atoms with Crippen molar-refractivity contribution < 1.29 is 17.9 Å². The van der Waals surface area contributed by atoms with Crippen molar-refractivity contribution in [2.45, 2.75) is 30.7 Å². The molecule has 0 saturated carbocycles. The van der Waals surface area contributed by atoms with E-state index in [4.69, 9.17) is 4.74 Å². The number of piperazine rings is 1.